The summed E-state index contributed by atoms with van der Waals surface area (Å²) in [6.45, 7) is 0.131. The number of nitrogens with one attached hydrogen (secondary N) is 2. The van der Waals surface area contributed by atoms with E-state index in [9.17, 15) is 18.0 Å². The molecule has 102 valence electrons. The van der Waals surface area contributed by atoms with E-state index in [0.717, 1.165) is 17.4 Å². The first-order valence-corrected chi connectivity index (χ1v) is 5.85. The van der Waals surface area contributed by atoms with Gasteiger partial charge in [0.05, 0.1) is 6.54 Å². The average molecular weight is 291 g/mol. The Kier molecular flexibility index (Phi) is 3.42. The van der Waals surface area contributed by atoms with Crippen LogP contribution in [0.1, 0.15) is 11.4 Å². The van der Waals surface area contributed by atoms with Crippen molar-refractivity contribution in [2.45, 2.75) is 12.7 Å². The molecule has 0 radical (unpaired) electrons. The van der Waals surface area contributed by atoms with E-state index in [0.29, 0.717) is 5.69 Å². The van der Waals surface area contributed by atoms with Gasteiger partial charge in [0.25, 0.3) is 0 Å². The second-order valence-electron chi connectivity index (χ2n) is 3.52. The molecule has 2 aromatic rings. The second-order valence-corrected chi connectivity index (χ2v) is 4.36. The van der Waals surface area contributed by atoms with Gasteiger partial charge in [0.15, 0.2) is 5.69 Å². The van der Waals surface area contributed by atoms with E-state index in [2.05, 4.69) is 20.3 Å². The molecule has 0 saturated heterocycles. The van der Waals surface area contributed by atoms with Crippen LogP contribution in [-0.4, -0.2) is 15.0 Å². The molecule has 0 saturated carbocycles. The molecule has 0 aliphatic heterocycles. The summed E-state index contributed by atoms with van der Waals surface area (Å²) in [7, 11) is 0. The molecule has 0 aliphatic rings. The molecular weight excluding hydrogens is 283 g/mol. The molecule has 6 nitrogen and oxygen atoms in total. The number of alkyl halides is 3. The number of anilines is 2. The Balaban J connectivity index is 2.16. The summed E-state index contributed by atoms with van der Waals surface area (Å²) in [4.78, 5) is 19.9. The smallest absolute Gasteiger partial charge is 0.368 e. The van der Waals surface area contributed by atoms with Crippen molar-refractivity contribution in [3.8, 4) is 0 Å². The van der Waals surface area contributed by atoms with Gasteiger partial charge in [-0.15, -0.1) is 0 Å². The average Bonchev–Trinajstić information content (AvgIpc) is 2.71. The van der Waals surface area contributed by atoms with Gasteiger partial charge in [0.1, 0.15) is 5.82 Å². The number of aromatic amines is 1. The van der Waals surface area contributed by atoms with Crippen molar-refractivity contribution in [1.82, 2.24) is 15.0 Å². The zero-order valence-corrected chi connectivity index (χ0v) is 10.1. The summed E-state index contributed by atoms with van der Waals surface area (Å²) in [5.41, 5.74) is 4.63. The van der Waals surface area contributed by atoms with Gasteiger partial charge >= 0.3 is 11.0 Å². The molecule has 0 aromatic carbocycles. The van der Waals surface area contributed by atoms with Gasteiger partial charge in [0.2, 0.25) is 5.95 Å². The first kappa shape index (κ1) is 13.3. The summed E-state index contributed by atoms with van der Waals surface area (Å²) >= 11 is 0.962. The van der Waals surface area contributed by atoms with Crippen LogP contribution in [0.4, 0.5) is 24.9 Å². The fraction of sp³-hybridized carbons (Fsp3) is 0.222. The van der Waals surface area contributed by atoms with E-state index in [1.54, 1.807) is 5.38 Å². The van der Waals surface area contributed by atoms with Gasteiger partial charge in [-0.25, -0.2) is 4.98 Å². The van der Waals surface area contributed by atoms with Crippen LogP contribution in [0.25, 0.3) is 0 Å². The van der Waals surface area contributed by atoms with Crippen LogP contribution in [0.5, 0.6) is 0 Å². The van der Waals surface area contributed by atoms with Crippen molar-refractivity contribution >= 4 is 23.1 Å². The quantitative estimate of drug-likeness (QED) is 0.795. The molecule has 0 spiro atoms. The maximum Gasteiger partial charge on any atom is 0.433 e. The number of nitrogens with two attached hydrogens (primary N) is 1. The van der Waals surface area contributed by atoms with Crippen molar-refractivity contribution in [3.63, 3.8) is 0 Å². The van der Waals surface area contributed by atoms with Crippen LogP contribution in [0.15, 0.2) is 16.2 Å². The minimum Gasteiger partial charge on any atom is -0.368 e. The number of thiazole rings is 1. The van der Waals surface area contributed by atoms with Crippen LogP contribution in [0.3, 0.4) is 0 Å². The largest absolute Gasteiger partial charge is 0.433 e. The van der Waals surface area contributed by atoms with Gasteiger partial charge in [-0.3, -0.25) is 4.79 Å². The Morgan fingerprint density at radius 3 is 2.74 bits per heavy atom. The van der Waals surface area contributed by atoms with Crippen LogP contribution < -0.4 is 15.9 Å². The number of nitrogens with zero attached hydrogens (tertiary/aromatic N) is 2. The lowest BCUT2D eigenvalue weighted by atomic mass is 10.3. The Morgan fingerprint density at radius 2 is 2.16 bits per heavy atom. The van der Waals surface area contributed by atoms with E-state index in [1.807, 2.05) is 0 Å². The second kappa shape index (κ2) is 4.88. The monoisotopic (exact) mass is 291 g/mol. The van der Waals surface area contributed by atoms with Crippen molar-refractivity contribution in [2.24, 2.45) is 0 Å². The van der Waals surface area contributed by atoms with Gasteiger partial charge < -0.3 is 16.0 Å². The van der Waals surface area contributed by atoms with E-state index in [1.165, 1.54) is 0 Å². The fourth-order valence-corrected chi connectivity index (χ4v) is 1.87. The molecule has 10 heteroatoms. The molecule has 0 atom stereocenters. The minimum atomic E-state index is -4.59. The van der Waals surface area contributed by atoms with Crippen molar-refractivity contribution in [2.75, 3.05) is 11.1 Å². The SMILES string of the molecule is Nc1nc(NCc2csc(=O)[nH]2)cc(C(F)(F)F)n1. The Hall–Kier alpha value is -2.10. The lowest BCUT2D eigenvalue weighted by Gasteiger charge is -2.09. The van der Waals surface area contributed by atoms with Crippen LogP contribution in [-0.2, 0) is 12.7 Å². The third kappa shape index (κ3) is 3.44. The topological polar surface area (TPSA) is 96.7 Å². The fourth-order valence-electron chi connectivity index (χ4n) is 1.29. The number of halogens is 3. The zero-order valence-electron chi connectivity index (χ0n) is 9.28. The van der Waals surface area contributed by atoms with Gasteiger partial charge in [-0.1, -0.05) is 11.3 Å². The van der Waals surface area contributed by atoms with Crippen LogP contribution in [0, 0.1) is 0 Å². The lowest BCUT2D eigenvalue weighted by Crippen LogP contribution is -2.13. The molecular formula is C9H8F3N5OS. The molecule has 0 amide bonds. The van der Waals surface area contributed by atoms with Gasteiger partial charge in [0, 0.05) is 17.1 Å². The maximum absolute atomic E-state index is 12.5. The molecule has 0 unspecified atom stereocenters. The molecule has 0 bridgehead atoms. The predicted molar refractivity (Wildman–Crippen MR) is 63.7 cm³/mol. The minimum absolute atomic E-state index is 0.0631. The third-order valence-electron chi connectivity index (χ3n) is 2.06. The highest BCUT2D eigenvalue weighted by atomic mass is 32.1. The summed E-state index contributed by atoms with van der Waals surface area (Å²) in [5.74, 6) is -0.539. The summed E-state index contributed by atoms with van der Waals surface area (Å²) in [6.07, 6.45) is -4.59. The summed E-state index contributed by atoms with van der Waals surface area (Å²) in [5, 5.41) is 4.19. The number of aromatic nitrogens is 3. The number of nitrogen functional groups attached to an aromatic ring is 1. The molecule has 2 heterocycles. The number of H-pyrrole nitrogens is 1. The Bertz CT molecular complexity index is 635. The number of hydrogen-bond acceptors (Lipinski definition) is 6. The van der Waals surface area contributed by atoms with Crippen molar-refractivity contribution in [3.05, 3.63) is 32.5 Å². The van der Waals surface area contributed by atoms with E-state index in [-0.39, 0.29) is 17.2 Å². The lowest BCUT2D eigenvalue weighted by molar-refractivity contribution is -0.141. The zero-order chi connectivity index (χ0) is 14.0. The van der Waals surface area contributed by atoms with Crippen LogP contribution in [0.2, 0.25) is 0 Å². The predicted octanol–water partition coefficient (Wildman–Crippen LogP) is 1.44. The normalized spacial score (nSPS) is 11.5. The third-order valence-corrected chi connectivity index (χ3v) is 2.78. The highest BCUT2D eigenvalue weighted by Gasteiger charge is 2.33. The van der Waals surface area contributed by atoms with E-state index < -0.39 is 17.8 Å². The first-order chi connectivity index (χ1) is 8.84. The van der Waals surface area contributed by atoms with Gasteiger partial charge in [-0.05, 0) is 0 Å². The summed E-state index contributed by atoms with van der Waals surface area (Å²) < 4.78 is 37.5. The molecule has 19 heavy (non-hydrogen) atoms. The van der Waals surface area contributed by atoms with Crippen molar-refractivity contribution < 1.29 is 13.2 Å². The molecule has 2 rings (SSSR count). The Labute approximate surface area is 108 Å². The molecule has 2 aromatic heterocycles. The Morgan fingerprint density at radius 1 is 1.42 bits per heavy atom. The molecule has 0 aliphatic carbocycles. The highest BCUT2D eigenvalue weighted by molar-refractivity contribution is 7.07. The number of rotatable bonds is 3. The first-order valence-electron chi connectivity index (χ1n) is 4.97. The van der Waals surface area contributed by atoms with Gasteiger partial charge in [-0.2, -0.15) is 18.2 Å². The molecule has 4 N–H and O–H groups in total. The van der Waals surface area contributed by atoms with Crippen LogP contribution >= 0.6 is 11.3 Å². The van der Waals surface area contributed by atoms with Crippen molar-refractivity contribution in [1.29, 1.82) is 0 Å². The maximum atomic E-state index is 12.5. The molecule has 0 fully saturated rings. The summed E-state index contributed by atoms with van der Waals surface area (Å²) in [6, 6.07) is 0.751. The van der Waals surface area contributed by atoms with E-state index in [4.69, 9.17) is 5.73 Å². The highest BCUT2D eigenvalue weighted by Crippen LogP contribution is 2.29. The van der Waals surface area contributed by atoms with E-state index >= 15 is 0 Å². The number of hydrogen-bond donors (Lipinski definition) is 3. The standard InChI is InChI=1S/C9H8F3N5OS/c10-9(11,12)5-1-6(17-7(13)16-5)14-2-4-3-19-8(18)15-4/h1,3H,2H2,(H,15,18)(H3,13,14,16,17).